The molecule has 2 aliphatic carbocycles. The molecular formula is C16H29NO2. The van der Waals surface area contributed by atoms with Crippen LogP contribution in [0.25, 0.3) is 0 Å². The smallest absolute Gasteiger partial charge is 0.308 e. The number of esters is 1. The molecule has 0 saturated heterocycles. The summed E-state index contributed by atoms with van der Waals surface area (Å²) in [6.45, 7) is 4.72. The van der Waals surface area contributed by atoms with Gasteiger partial charge >= 0.3 is 5.97 Å². The van der Waals surface area contributed by atoms with E-state index in [2.05, 4.69) is 12.2 Å². The van der Waals surface area contributed by atoms with Crippen LogP contribution in [-0.2, 0) is 9.53 Å². The average molecular weight is 267 g/mol. The second-order valence-electron chi connectivity index (χ2n) is 6.31. The van der Waals surface area contributed by atoms with Crippen molar-refractivity contribution < 1.29 is 9.53 Å². The quantitative estimate of drug-likeness (QED) is 0.777. The summed E-state index contributed by atoms with van der Waals surface area (Å²) < 4.78 is 5.17. The first-order valence-corrected chi connectivity index (χ1v) is 8.13. The Balaban J connectivity index is 1.78. The third-order valence-electron chi connectivity index (χ3n) is 4.90. The van der Waals surface area contributed by atoms with Crippen LogP contribution in [-0.4, -0.2) is 24.7 Å². The highest BCUT2D eigenvalue weighted by atomic mass is 16.5. The van der Waals surface area contributed by atoms with E-state index in [4.69, 9.17) is 4.74 Å². The number of carbonyl (C=O) groups is 1. The summed E-state index contributed by atoms with van der Waals surface area (Å²) >= 11 is 0. The molecular weight excluding hydrogens is 238 g/mol. The predicted molar refractivity (Wildman–Crippen MR) is 76.9 cm³/mol. The van der Waals surface area contributed by atoms with Crippen molar-refractivity contribution in [3.05, 3.63) is 0 Å². The minimum Gasteiger partial charge on any atom is -0.466 e. The molecule has 0 bridgehead atoms. The summed E-state index contributed by atoms with van der Waals surface area (Å²) in [5.74, 6) is 0.993. The van der Waals surface area contributed by atoms with Gasteiger partial charge in [0.2, 0.25) is 0 Å². The predicted octanol–water partition coefficient (Wildman–Crippen LogP) is 3.28. The molecule has 0 aromatic rings. The second-order valence-corrected chi connectivity index (χ2v) is 6.31. The summed E-state index contributed by atoms with van der Waals surface area (Å²) in [4.78, 5) is 11.8. The van der Waals surface area contributed by atoms with Crippen LogP contribution in [0.15, 0.2) is 0 Å². The summed E-state index contributed by atoms with van der Waals surface area (Å²) in [5.41, 5.74) is 0. The molecule has 0 spiro atoms. The number of rotatable bonds is 5. The molecule has 0 radical (unpaired) electrons. The highest BCUT2D eigenvalue weighted by Crippen LogP contribution is 2.30. The first-order chi connectivity index (χ1) is 9.20. The summed E-state index contributed by atoms with van der Waals surface area (Å²) in [6, 6.07) is 1.12. The van der Waals surface area contributed by atoms with E-state index < -0.39 is 0 Å². The molecule has 2 fully saturated rings. The van der Waals surface area contributed by atoms with E-state index in [1.54, 1.807) is 0 Å². The van der Waals surface area contributed by atoms with Gasteiger partial charge in [-0.3, -0.25) is 4.79 Å². The molecule has 2 saturated carbocycles. The van der Waals surface area contributed by atoms with E-state index in [0.717, 1.165) is 25.2 Å². The number of hydrogen-bond acceptors (Lipinski definition) is 3. The van der Waals surface area contributed by atoms with Crippen molar-refractivity contribution in [2.75, 3.05) is 6.61 Å². The van der Waals surface area contributed by atoms with Crippen molar-refractivity contribution in [2.24, 2.45) is 11.8 Å². The third-order valence-corrected chi connectivity index (χ3v) is 4.90. The van der Waals surface area contributed by atoms with Crippen LogP contribution in [0.3, 0.4) is 0 Å². The Morgan fingerprint density at radius 3 is 2.63 bits per heavy atom. The molecule has 3 heteroatoms. The molecule has 0 aliphatic heterocycles. The van der Waals surface area contributed by atoms with E-state index >= 15 is 0 Å². The third kappa shape index (κ3) is 4.20. The van der Waals surface area contributed by atoms with Crippen LogP contribution in [0.4, 0.5) is 0 Å². The molecule has 2 rings (SSSR count). The molecule has 3 nitrogen and oxygen atoms in total. The van der Waals surface area contributed by atoms with Crippen LogP contribution in [0.5, 0.6) is 0 Å². The normalized spacial score (nSPS) is 30.2. The molecule has 3 atom stereocenters. The van der Waals surface area contributed by atoms with Gasteiger partial charge in [-0.1, -0.05) is 19.3 Å². The summed E-state index contributed by atoms with van der Waals surface area (Å²) in [6.07, 6.45) is 9.89. The van der Waals surface area contributed by atoms with E-state index in [1.807, 2.05) is 6.92 Å². The Kier molecular flexibility index (Phi) is 5.68. The summed E-state index contributed by atoms with van der Waals surface area (Å²) in [5, 5.41) is 3.78. The lowest BCUT2D eigenvalue weighted by atomic mass is 9.84. The van der Waals surface area contributed by atoms with Crippen LogP contribution in [0.2, 0.25) is 0 Å². The lowest BCUT2D eigenvalue weighted by Crippen LogP contribution is -2.43. The standard InChI is InChI=1S/C16H29NO2/c1-3-19-16(18)14-9-6-10-15(11-14)17-12(2)13-7-4-5-8-13/h12-15,17H,3-11H2,1-2H3/t12-,14?,15?/m1/s1. The Morgan fingerprint density at radius 1 is 1.21 bits per heavy atom. The van der Waals surface area contributed by atoms with Crippen molar-refractivity contribution in [1.82, 2.24) is 5.32 Å². The van der Waals surface area contributed by atoms with Gasteiger partial charge in [-0.2, -0.15) is 0 Å². The Morgan fingerprint density at radius 2 is 1.95 bits per heavy atom. The fourth-order valence-electron chi connectivity index (χ4n) is 3.78. The number of nitrogens with one attached hydrogen (secondary N) is 1. The van der Waals surface area contributed by atoms with Crippen LogP contribution < -0.4 is 5.32 Å². The molecule has 2 unspecified atom stereocenters. The zero-order chi connectivity index (χ0) is 13.7. The highest BCUT2D eigenvalue weighted by Gasteiger charge is 2.30. The topological polar surface area (TPSA) is 38.3 Å². The minimum atomic E-state index is 0.0162. The SMILES string of the molecule is CCOC(=O)C1CCCC(N[C@H](C)C2CCCC2)C1. The van der Waals surface area contributed by atoms with E-state index in [1.165, 1.54) is 32.1 Å². The van der Waals surface area contributed by atoms with Crippen molar-refractivity contribution in [3.63, 3.8) is 0 Å². The first kappa shape index (κ1) is 14.8. The van der Waals surface area contributed by atoms with Crippen molar-refractivity contribution in [2.45, 2.75) is 77.3 Å². The fourth-order valence-corrected chi connectivity index (χ4v) is 3.78. The van der Waals surface area contributed by atoms with Crippen LogP contribution in [0, 0.1) is 11.8 Å². The first-order valence-electron chi connectivity index (χ1n) is 8.13. The van der Waals surface area contributed by atoms with Crippen LogP contribution >= 0.6 is 0 Å². The lowest BCUT2D eigenvalue weighted by Gasteiger charge is -2.32. The molecule has 0 heterocycles. The summed E-state index contributed by atoms with van der Waals surface area (Å²) in [7, 11) is 0. The zero-order valence-corrected chi connectivity index (χ0v) is 12.5. The molecule has 110 valence electrons. The minimum absolute atomic E-state index is 0.0162. The van der Waals surface area contributed by atoms with Gasteiger partial charge in [0.1, 0.15) is 0 Å². The van der Waals surface area contributed by atoms with E-state index in [-0.39, 0.29) is 11.9 Å². The van der Waals surface area contributed by atoms with Gasteiger partial charge in [-0.05, 0) is 51.9 Å². The zero-order valence-electron chi connectivity index (χ0n) is 12.5. The molecule has 0 aromatic carbocycles. The van der Waals surface area contributed by atoms with Crippen LogP contribution in [0.1, 0.15) is 65.2 Å². The molecule has 0 amide bonds. The maximum atomic E-state index is 11.8. The second kappa shape index (κ2) is 7.28. The van der Waals surface area contributed by atoms with E-state index in [0.29, 0.717) is 18.7 Å². The number of hydrogen-bond donors (Lipinski definition) is 1. The molecule has 19 heavy (non-hydrogen) atoms. The largest absolute Gasteiger partial charge is 0.466 e. The monoisotopic (exact) mass is 267 g/mol. The van der Waals surface area contributed by atoms with Gasteiger partial charge in [0.15, 0.2) is 0 Å². The maximum absolute atomic E-state index is 11.8. The van der Waals surface area contributed by atoms with Crippen molar-refractivity contribution >= 4 is 5.97 Å². The van der Waals surface area contributed by atoms with Gasteiger partial charge in [0, 0.05) is 12.1 Å². The number of carbonyl (C=O) groups excluding carboxylic acids is 1. The van der Waals surface area contributed by atoms with Crippen molar-refractivity contribution in [1.29, 1.82) is 0 Å². The maximum Gasteiger partial charge on any atom is 0.308 e. The average Bonchev–Trinajstić information content (AvgIpc) is 2.93. The van der Waals surface area contributed by atoms with Gasteiger partial charge < -0.3 is 10.1 Å². The lowest BCUT2D eigenvalue weighted by molar-refractivity contribution is -0.149. The van der Waals surface area contributed by atoms with Gasteiger partial charge in [0.25, 0.3) is 0 Å². The van der Waals surface area contributed by atoms with Crippen molar-refractivity contribution in [3.8, 4) is 0 Å². The highest BCUT2D eigenvalue weighted by molar-refractivity contribution is 5.72. The molecule has 2 aliphatic rings. The Labute approximate surface area is 117 Å². The Bertz CT molecular complexity index is 286. The van der Waals surface area contributed by atoms with Gasteiger partial charge in [-0.15, -0.1) is 0 Å². The fraction of sp³-hybridized carbons (Fsp3) is 0.938. The Hall–Kier alpha value is -0.570. The number of ether oxygens (including phenoxy) is 1. The van der Waals surface area contributed by atoms with Gasteiger partial charge in [0.05, 0.1) is 12.5 Å². The molecule has 0 aromatic heterocycles. The van der Waals surface area contributed by atoms with Gasteiger partial charge in [-0.25, -0.2) is 0 Å². The molecule has 1 N–H and O–H groups in total. The van der Waals surface area contributed by atoms with E-state index in [9.17, 15) is 4.79 Å².